The molecule has 1 aromatic rings. The Labute approximate surface area is 159 Å². The van der Waals surface area contributed by atoms with Crippen LogP contribution in [0.25, 0.3) is 0 Å². The molecule has 0 aromatic heterocycles. The van der Waals surface area contributed by atoms with Gasteiger partial charge in [-0.2, -0.15) is 0 Å². The number of nitrogens with zero attached hydrogens (tertiary/aromatic N) is 1. The van der Waals surface area contributed by atoms with E-state index < -0.39 is 11.6 Å². The number of carbonyl (C=O) groups excluding carboxylic acids is 1. The first kappa shape index (κ1) is 21.9. The third-order valence-corrected chi connectivity index (χ3v) is 4.97. The minimum absolute atomic E-state index is 0. The number of hydrogen-bond donors (Lipinski definition) is 2. The van der Waals surface area contributed by atoms with Crippen LogP contribution in [-0.2, 0) is 4.79 Å². The Balaban J connectivity index is 0.00000156. The maximum Gasteiger partial charge on any atom is 0.220 e. The van der Waals surface area contributed by atoms with E-state index in [1.54, 1.807) is 4.90 Å². The molecule has 1 heterocycles. The fourth-order valence-electron chi connectivity index (χ4n) is 3.72. The number of rotatable bonds is 4. The number of nitrogens with two attached hydrogens (primary N) is 1. The molecule has 2 fully saturated rings. The Kier molecular flexibility index (Phi) is 8.38. The Morgan fingerprint density at radius 1 is 1.20 bits per heavy atom. The molecule has 4 nitrogen and oxygen atoms in total. The van der Waals surface area contributed by atoms with Crippen LogP contribution in [0.1, 0.15) is 32.1 Å². The van der Waals surface area contributed by atoms with Gasteiger partial charge in [-0.05, 0) is 37.3 Å². The first-order valence-corrected chi connectivity index (χ1v) is 8.28. The second-order valence-electron chi connectivity index (χ2n) is 6.63. The monoisotopic (exact) mass is 395 g/mol. The second kappa shape index (κ2) is 9.55. The van der Waals surface area contributed by atoms with E-state index >= 15 is 0 Å². The molecule has 1 unspecified atom stereocenters. The molecule has 1 saturated heterocycles. The lowest BCUT2D eigenvalue weighted by Crippen LogP contribution is -2.39. The van der Waals surface area contributed by atoms with Gasteiger partial charge in [0.15, 0.2) is 0 Å². The van der Waals surface area contributed by atoms with E-state index in [2.05, 4.69) is 5.32 Å². The van der Waals surface area contributed by atoms with E-state index in [-0.39, 0.29) is 54.4 Å². The largest absolute Gasteiger partial charge is 0.365 e. The Morgan fingerprint density at radius 2 is 1.88 bits per heavy atom. The Hall–Kier alpha value is -1.11. The second-order valence-corrected chi connectivity index (χ2v) is 6.63. The minimum atomic E-state index is -0.561. The molecular formula is C17H25Cl2F2N3O. The van der Waals surface area contributed by atoms with Gasteiger partial charge in [0.2, 0.25) is 5.91 Å². The van der Waals surface area contributed by atoms with E-state index in [1.165, 1.54) is 18.2 Å². The molecular weight excluding hydrogens is 371 g/mol. The first-order valence-electron chi connectivity index (χ1n) is 8.28. The normalized spacial score (nSPS) is 25.2. The average Bonchev–Trinajstić information content (AvgIpc) is 3.09. The van der Waals surface area contributed by atoms with Crippen LogP contribution in [-0.4, -0.2) is 31.1 Å². The van der Waals surface area contributed by atoms with Crippen molar-refractivity contribution in [1.82, 2.24) is 5.32 Å². The fraction of sp³-hybridized carbons (Fsp3) is 0.588. The van der Waals surface area contributed by atoms with Crippen molar-refractivity contribution < 1.29 is 13.6 Å². The van der Waals surface area contributed by atoms with E-state index in [1.807, 2.05) is 0 Å². The maximum absolute atomic E-state index is 13.8. The molecule has 1 aromatic carbocycles. The van der Waals surface area contributed by atoms with Crippen LogP contribution in [0.5, 0.6) is 0 Å². The lowest BCUT2D eigenvalue weighted by molar-refractivity contribution is -0.122. The SMILES string of the molecule is Cl.Cl.N[C@@H]1CCC[C@H]1CC(=O)NC1CCN(c2c(F)cccc2F)C1. The summed E-state index contributed by atoms with van der Waals surface area (Å²) in [6, 6.07) is 3.92. The van der Waals surface area contributed by atoms with Gasteiger partial charge in [0.25, 0.3) is 0 Å². The summed E-state index contributed by atoms with van der Waals surface area (Å²) >= 11 is 0. The van der Waals surface area contributed by atoms with E-state index in [4.69, 9.17) is 5.73 Å². The van der Waals surface area contributed by atoms with Crippen LogP contribution < -0.4 is 16.0 Å². The van der Waals surface area contributed by atoms with Crippen molar-refractivity contribution >= 4 is 36.4 Å². The lowest BCUT2D eigenvalue weighted by atomic mass is 9.99. The highest BCUT2D eigenvalue weighted by Gasteiger charge is 2.30. The zero-order valence-electron chi connectivity index (χ0n) is 13.9. The van der Waals surface area contributed by atoms with E-state index in [9.17, 15) is 13.6 Å². The summed E-state index contributed by atoms with van der Waals surface area (Å²) < 4.78 is 27.6. The van der Waals surface area contributed by atoms with Crippen LogP contribution in [0.3, 0.4) is 0 Å². The first-order chi connectivity index (χ1) is 11.0. The van der Waals surface area contributed by atoms with Gasteiger partial charge >= 0.3 is 0 Å². The maximum atomic E-state index is 13.8. The van der Waals surface area contributed by atoms with Crippen molar-refractivity contribution in [1.29, 1.82) is 0 Å². The van der Waals surface area contributed by atoms with Crippen LogP contribution in [0.4, 0.5) is 14.5 Å². The van der Waals surface area contributed by atoms with Crippen LogP contribution in [0.15, 0.2) is 18.2 Å². The van der Waals surface area contributed by atoms with Crippen molar-refractivity contribution in [2.75, 3.05) is 18.0 Å². The van der Waals surface area contributed by atoms with Crippen molar-refractivity contribution in [3.05, 3.63) is 29.8 Å². The average molecular weight is 396 g/mol. The zero-order valence-corrected chi connectivity index (χ0v) is 15.6. The molecule has 0 spiro atoms. The van der Waals surface area contributed by atoms with Gasteiger partial charge in [0.05, 0.1) is 0 Å². The van der Waals surface area contributed by atoms with Gasteiger partial charge in [-0.1, -0.05) is 12.5 Å². The number of anilines is 1. The third kappa shape index (κ3) is 5.19. The number of halogens is 4. The van der Waals surface area contributed by atoms with Crippen LogP contribution >= 0.6 is 24.8 Å². The standard InChI is InChI=1S/C17H23F2N3O.2ClH/c18-13-4-2-5-14(19)17(13)22-8-7-12(10-22)21-16(23)9-11-3-1-6-15(11)20;;/h2,4-5,11-12,15H,1,3,6-10,20H2,(H,21,23);2*1H/t11-,12?,15+;;/m0../s1. The Bertz CT molecular complexity index is 571. The minimum Gasteiger partial charge on any atom is -0.365 e. The fourth-order valence-corrected chi connectivity index (χ4v) is 3.72. The highest BCUT2D eigenvalue weighted by Crippen LogP contribution is 2.28. The van der Waals surface area contributed by atoms with Gasteiger partial charge in [-0.15, -0.1) is 24.8 Å². The topological polar surface area (TPSA) is 58.4 Å². The van der Waals surface area contributed by atoms with Crippen LogP contribution in [0, 0.1) is 17.6 Å². The molecule has 8 heteroatoms. The lowest BCUT2D eigenvalue weighted by Gasteiger charge is -2.21. The molecule has 25 heavy (non-hydrogen) atoms. The van der Waals surface area contributed by atoms with E-state index in [0.29, 0.717) is 25.9 Å². The molecule has 1 aliphatic carbocycles. The molecule has 3 rings (SSSR count). The molecule has 142 valence electrons. The van der Waals surface area contributed by atoms with E-state index in [0.717, 1.165) is 19.3 Å². The summed E-state index contributed by atoms with van der Waals surface area (Å²) in [6.45, 7) is 0.964. The molecule has 1 amide bonds. The smallest absolute Gasteiger partial charge is 0.220 e. The predicted octanol–water partition coefficient (Wildman–Crippen LogP) is 3.02. The summed E-state index contributed by atoms with van der Waals surface area (Å²) in [4.78, 5) is 13.8. The number of nitrogens with one attached hydrogen (secondary N) is 1. The van der Waals surface area contributed by atoms with Crippen molar-refractivity contribution in [3.63, 3.8) is 0 Å². The summed E-state index contributed by atoms with van der Waals surface area (Å²) in [5, 5.41) is 2.98. The number of para-hydroxylation sites is 1. The van der Waals surface area contributed by atoms with Gasteiger partial charge in [-0.25, -0.2) is 8.78 Å². The zero-order chi connectivity index (χ0) is 16.4. The van der Waals surface area contributed by atoms with Gasteiger partial charge < -0.3 is 16.0 Å². The van der Waals surface area contributed by atoms with Gasteiger partial charge in [0.1, 0.15) is 17.3 Å². The number of carbonyl (C=O) groups is 1. The summed E-state index contributed by atoms with van der Waals surface area (Å²) in [7, 11) is 0. The highest BCUT2D eigenvalue weighted by atomic mass is 35.5. The van der Waals surface area contributed by atoms with Crippen molar-refractivity contribution in [3.8, 4) is 0 Å². The number of amides is 1. The molecule has 3 atom stereocenters. The number of hydrogen-bond acceptors (Lipinski definition) is 3. The quantitative estimate of drug-likeness (QED) is 0.823. The summed E-state index contributed by atoms with van der Waals surface area (Å²) in [5.74, 6) is -0.868. The summed E-state index contributed by atoms with van der Waals surface area (Å²) in [5.41, 5.74) is 6.00. The predicted molar refractivity (Wildman–Crippen MR) is 99.5 cm³/mol. The highest BCUT2D eigenvalue weighted by molar-refractivity contribution is 5.85. The van der Waals surface area contributed by atoms with Crippen molar-refractivity contribution in [2.24, 2.45) is 11.7 Å². The summed E-state index contributed by atoms with van der Waals surface area (Å²) in [6.07, 6.45) is 4.22. The Morgan fingerprint density at radius 3 is 2.48 bits per heavy atom. The third-order valence-electron chi connectivity index (χ3n) is 4.97. The molecule has 0 bridgehead atoms. The van der Waals surface area contributed by atoms with Gasteiger partial charge in [-0.3, -0.25) is 4.79 Å². The molecule has 0 radical (unpaired) electrons. The molecule has 1 aliphatic heterocycles. The molecule has 3 N–H and O–H groups in total. The molecule has 2 aliphatic rings. The van der Waals surface area contributed by atoms with Crippen LogP contribution in [0.2, 0.25) is 0 Å². The molecule has 1 saturated carbocycles. The number of benzene rings is 1. The van der Waals surface area contributed by atoms with Crippen molar-refractivity contribution in [2.45, 2.75) is 44.2 Å². The van der Waals surface area contributed by atoms with Gasteiger partial charge in [0, 0.05) is 31.6 Å².